The van der Waals surface area contributed by atoms with E-state index in [1.165, 1.54) is 0 Å². The third-order valence-corrected chi connectivity index (χ3v) is 4.10. The summed E-state index contributed by atoms with van der Waals surface area (Å²) in [6.07, 6.45) is 5.28. The molecule has 0 unspecified atom stereocenters. The van der Waals surface area contributed by atoms with E-state index in [0.29, 0.717) is 0 Å². The third-order valence-electron chi connectivity index (χ3n) is 2.75. The van der Waals surface area contributed by atoms with Crippen LogP contribution in [0.15, 0.2) is 35.5 Å². The molecule has 5 nitrogen and oxygen atoms in total. The Morgan fingerprint density at radius 3 is 2.77 bits per heavy atom. The number of nitrogens with zero attached hydrogens (tertiary/aromatic N) is 4. The van der Waals surface area contributed by atoms with Gasteiger partial charge in [-0.05, 0) is 41.1 Å². The van der Waals surface area contributed by atoms with E-state index < -0.39 is 0 Å². The molecule has 0 amide bonds. The maximum absolute atomic E-state index is 5.84. The van der Waals surface area contributed by atoms with E-state index in [1.807, 2.05) is 31.3 Å². The first-order valence-electron chi connectivity index (χ1n) is 6.73. The molecule has 22 heavy (non-hydrogen) atoms. The Hall–Kier alpha value is -1.08. The van der Waals surface area contributed by atoms with Crippen LogP contribution in [0, 0.1) is 0 Å². The number of benzene rings is 1. The van der Waals surface area contributed by atoms with Crippen molar-refractivity contribution in [3.05, 3.63) is 40.9 Å². The number of thioether (sulfide) groups is 1. The van der Waals surface area contributed by atoms with Gasteiger partial charge in [0.25, 0.3) is 0 Å². The predicted molar refractivity (Wildman–Crippen MR) is 94.7 cm³/mol. The van der Waals surface area contributed by atoms with Crippen molar-refractivity contribution in [3.8, 4) is 0 Å². The van der Waals surface area contributed by atoms with Crippen LogP contribution in [-0.4, -0.2) is 39.0 Å². The minimum Gasteiger partial charge on any atom is -0.313 e. The second kappa shape index (κ2) is 10.6. The van der Waals surface area contributed by atoms with Gasteiger partial charge in [0.15, 0.2) is 0 Å². The summed E-state index contributed by atoms with van der Waals surface area (Å²) in [7, 11) is 1.85. The van der Waals surface area contributed by atoms with E-state index in [2.05, 4.69) is 33.0 Å². The number of hydrogen-bond acceptors (Lipinski definition) is 5. The highest BCUT2D eigenvalue weighted by atomic mass is 35.5. The number of halogens is 2. The molecule has 8 heteroatoms. The smallest absolute Gasteiger partial charge is 0.209 e. The van der Waals surface area contributed by atoms with Crippen molar-refractivity contribution < 1.29 is 0 Å². The van der Waals surface area contributed by atoms with Crippen molar-refractivity contribution in [3.63, 3.8) is 0 Å². The molecule has 1 N–H and O–H groups in total. The Morgan fingerprint density at radius 2 is 2.09 bits per heavy atom. The number of rotatable bonds is 8. The van der Waals surface area contributed by atoms with Gasteiger partial charge in [0, 0.05) is 24.4 Å². The van der Waals surface area contributed by atoms with Crippen LogP contribution in [0.1, 0.15) is 12.0 Å². The summed E-state index contributed by atoms with van der Waals surface area (Å²) in [4.78, 5) is 0. The topological polar surface area (TPSA) is 55.6 Å². The first kappa shape index (κ1) is 19.0. The van der Waals surface area contributed by atoms with E-state index in [4.69, 9.17) is 11.6 Å². The zero-order valence-electron chi connectivity index (χ0n) is 12.3. The molecule has 0 atom stereocenters. The van der Waals surface area contributed by atoms with Crippen molar-refractivity contribution in [2.24, 2.45) is 7.05 Å². The quantitative estimate of drug-likeness (QED) is 0.579. The normalized spacial score (nSPS) is 10.8. The first-order chi connectivity index (χ1) is 10.3. The second-order valence-electron chi connectivity index (χ2n) is 4.45. The Morgan fingerprint density at radius 1 is 1.32 bits per heavy atom. The average molecular weight is 360 g/mol. The molecule has 1 aromatic heterocycles. The molecule has 0 saturated carbocycles. The molecule has 0 aliphatic rings. The van der Waals surface area contributed by atoms with Crippen LogP contribution >= 0.6 is 35.8 Å². The Kier molecular flexibility index (Phi) is 9.15. The fourth-order valence-corrected chi connectivity index (χ4v) is 2.57. The van der Waals surface area contributed by atoms with Gasteiger partial charge in [-0.15, -0.1) is 17.5 Å². The Labute approximate surface area is 145 Å². The maximum Gasteiger partial charge on any atom is 0.209 e. The van der Waals surface area contributed by atoms with Gasteiger partial charge in [-0.25, -0.2) is 4.68 Å². The molecular weight excluding hydrogens is 341 g/mol. The lowest BCUT2D eigenvalue weighted by Crippen LogP contribution is -2.15. The van der Waals surface area contributed by atoms with Gasteiger partial charge in [0.05, 0.1) is 0 Å². The first-order valence-corrected chi connectivity index (χ1v) is 8.10. The molecule has 2 rings (SSSR count). The lowest BCUT2D eigenvalue weighted by molar-refractivity contribution is 0.663. The molecular formula is C14H19Cl2N5S. The van der Waals surface area contributed by atoms with Crippen LogP contribution in [0.3, 0.4) is 0 Å². The lowest BCUT2D eigenvalue weighted by atomic mass is 10.2. The Balaban J connectivity index is 0.00000242. The highest BCUT2D eigenvalue weighted by Crippen LogP contribution is 2.12. The van der Waals surface area contributed by atoms with Crippen LogP contribution < -0.4 is 5.32 Å². The average Bonchev–Trinajstić information content (AvgIpc) is 2.89. The largest absolute Gasteiger partial charge is 0.313 e. The maximum atomic E-state index is 5.84. The molecule has 0 saturated heterocycles. The number of nitrogens with one attached hydrogen (secondary N) is 1. The summed E-state index contributed by atoms with van der Waals surface area (Å²) < 4.78 is 1.69. The molecule has 0 aliphatic carbocycles. The zero-order valence-corrected chi connectivity index (χ0v) is 14.7. The van der Waals surface area contributed by atoms with Gasteiger partial charge in [-0.3, -0.25) is 0 Å². The molecule has 2 aromatic rings. The molecule has 0 spiro atoms. The molecule has 1 aromatic carbocycles. The van der Waals surface area contributed by atoms with Gasteiger partial charge in [0.1, 0.15) is 0 Å². The molecule has 120 valence electrons. The zero-order chi connectivity index (χ0) is 14.9. The highest BCUT2D eigenvalue weighted by molar-refractivity contribution is 7.99. The summed E-state index contributed by atoms with van der Waals surface area (Å²) in [5.74, 6) is 1.00. The Bertz CT molecular complexity index is 571. The van der Waals surface area contributed by atoms with E-state index in [0.717, 1.165) is 41.0 Å². The van der Waals surface area contributed by atoms with Gasteiger partial charge >= 0.3 is 0 Å². The van der Waals surface area contributed by atoms with Crippen molar-refractivity contribution in [2.75, 3.05) is 18.8 Å². The van der Waals surface area contributed by atoms with E-state index in [1.54, 1.807) is 16.4 Å². The van der Waals surface area contributed by atoms with Gasteiger partial charge in [-0.1, -0.05) is 47.6 Å². The third kappa shape index (κ3) is 6.79. The van der Waals surface area contributed by atoms with Gasteiger partial charge < -0.3 is 5.32 Å². The van der Waals surface area contributed by atoms with Crippen LogP contribution in [0.2, 0.25) is 5.02 Å². The van der Waals surface area contributed by atoms with Crippen LogP contribution in [-0.2, 0) is 7.05 Å². The SMILES string of the molecule is Cl.Cn1nnnc1SCCCNC/C=C/c1ccc(Cl)cc1. The summed E-state index contributed by atoms with van der Waals surface area (Å²) in [6.45, 7) is 1.84. The summed E-state index contributed by atoms with van der Waals surface area (Å²) in [6, 6.07) is 7.80. The second-order valence-corrected chi connectivity index (χ2v) is 5.94. The van der Waals surface area contributed by atoms with Crippen LogP contribution in [0.5, 0.6) is 0 Å². The van der Waals surface area contributed by atoms with Crippen molar-refractivity contribution in [1.29, 1.82) is 0 Å². The van der Waals surface area contributed by atoms with E-state index in [9.17, 15) is 0 Å². The summed E-state index contributed by atoms with van der Waals surface area (Å²) >= 11 is 7.51. The highest BCUT2D eigenvalue weighted by Gasteiger charge is 2.01. The number of aromatic nitrogens is 4. The fraction of sp³-hybridized carbons (Fsp3) is 0.357. The predicted octanol–water partition coefficient (Wildman–Crippen LogP) is 3.07. The van der Waals surface area contributed by atoms with Crippen molar-refractivity contribution >= 4 is 41.8 Å². The van der Waals surface area contributed by atoms with Crippen molar-refractivity contribution in [2.45, 2.75) is 11.6 Å². The lowest BCUT2D eigenvalue weighted by Gasteiger charge is -2.01. The monoisotopic (exact) mass is 359 g/mol. The molecule has 0 fully saturated rings. The fourth-order valence-electron chi connectivity index (χ4n) is 1.66. The minimum absolute atomic E-state index is 0. The molecule has 0 radical (unpaired) electrons. The minimum atomic E-state index is 0. The number of hydrogen-bond donors (Lipinski definition) is 1. The molecule has 0 aliphatic heterocycles. The summed E-state index contributed by atoms with van der Waals surface area (Å²) in [5, 5.41) is 16.3. The van der Waals surface area contributed by atoms with Crippen LogP contribution in [0.4, 0.5) is 0 Å². The van der Waals surface area contributed by atoms with Crippen molar-refractivity contribution in [1.82, 2.24) is 25.5 Å². The van der Waals surface area contributed by atoms with E-state index >= 15 is 0 Å². The van der Waals surface area contributed by atoms with Gasteiger partial charge in [-0.2, -0.15) is 0 Å². The number of tetrazole rings is 1. The van der Waals surface area contributed by atoms with E-state index in [-0.39, 0.29) is 12.4 Å². The number of aryl methyl sites for hydroxylation is 1. The molecule has 0 bridgehead atoms. The molecule has 1 heterocycles. The van der Waals surface area contributed by atoms with Crippen LogP contribution in [0.25, 0.3) is 6.08 Å². The van der Waals surface area contributed by atoms with Gasteiger partial charge in [0.2, 0.25) is 5.16 Å². The summed E-state index contributed by atoms with van der Waals surface area (Å²) in [5.41, 5.74) is 1.16. The standard InChI is InChI=1S/C14H18ClN5S.ClH/c1-20-14(17-18-19-20)21-11-3-10-16-9-2-4-12-5-7-13(15)8-6-12;/h2,4-8,16H,3,9-11H2,1H3;1H/b4-2+;.